The number of halogens is 1. The molecule has 3 heterocycles. The maximum atomic E-state index is 13.5. The maximum absolute atomic E-state index is 13.5. The molecule has 10 heteroatoms. The summed E-state index contributed by atoms with van der Waals surface area (Å²) in [5.74, 6) is 0.624. The quantitative estimate of drug-likeness (QED) is 0.627. The predicted molar refractivity (Wildman–Crippen MR) is 134 cm³/mol. The zero-order chi connectivity index (χ0) is 24.3. The first-order chi connectivity index (χ1) is 16.1. The zero-order valence-corrected chi connectivity index (χ0v) is 19.8. The minimum Gasteiger partial charge on any atom is -0.492 e. The van der Waals surface area contributed by atoms with Crippen LogP contribution in [0, 0.1) is 0 Å². The van der Waals surface area contributed by atoms with E-state index in [1.165, 1.54) is 4.90 Å². The van der Waals surface area contributed by atoms with Crippen LogP contribution in [0.2, 0.25) is 5.02 Å². The molecule has 168 valence electrons. The van der Waals surface area contributed by atoms with Gasteiger partial charge >= 0.3 is 0 Å². The number of carbonyl (C=O) groups excluding carboxylic acids is 2. The van der Waals surface area contributed by atoms with Crippen LogP contribution in [0.3, 0.4) is 0 Å². The van der Waals surface area contributed by atoms with E-state index in [4.69, 9.17) is 39.9 Å². The van der Waals surface area contributed by atoms with E-state index in [1.54, 1.807) is 24.1 Å². The lowest BCUT2D eigenvalue weighted by Crippen LogP contribution is -2.57. The normalized spacial score (nSPS) is 19.6. The number of carbonyl (C=O) groups is 2. The minimum absolute atomic E-state index is 0.0443. The molecule has 1 fully saturated rings. The van der Waals surface area contributed by atoms with Crippen LogP contribution in [-0.4, -0.2) is 83.7 Å². The molecule has 0 unspecified atom stereocenters. The Labute approximate surface area is 208 Å². The van der Waals surface area contributed by atoms with E-state index in [1.807, 2.05) is 24.3 Å². The van der Waals surface area contributed by atoms with Gasteiger partial charge in [-0.2, -0.15) is 0 Å². The number of anilines is 1. The van der Waals surface area contributed by atoms with E-state index in [-0.39, 0.29) is 11.8 Å². The molecule has 0 atom stereocenters. The smallest absolute Gasteiger partial charge is 0.254 e. The third-order valence-corrected chi connectivity index (χ3v) is 7.40. The Morgan fingerprint density at radius 1 is 1.09 bits per heavy atom. The molecule has 0 bridgehead atoms. The predicted octanol–water partition coefficient (Wildman–Crippen LogP) is 1.80. The van der Waals surface area contributed by atoms with Gasteiger partial charge in [0.05, 0.1) is 29.0 Å². The number of nitrogens with zero attached hydrogens (tertiary/aromatic N) is 3. The van der Waals surface area contributed by atoms with Gasteiger partial charge < -0.3 is 14.5 Å². The van der Waals surface area contributed by atoms with Crippen LogP contribution >= 0.6 is 11.6 Å². The Morgan fingerprint density at radius 3 is 2.53 bits per heavy atom. The topological polar surface area (TPSA) is 53.1 Å². The summed E-state index contributed by atoms with van der Waals surface area (Å²) in [6, 6.07) is 10.9. The van der Waals surface area contributed by atoms with Gasteiger partial charge in [-0.05, 0) is 73.5 Å². The molecule has 3 aliphatic rings. The summed E-state index contributed by atoms with van der Waals surface area (Å²) in [5, 5.41) is -1.23. The first-order valence-electron chi connectivity index (χ1n) is 11.3. The molecule has 2 amide bonds. The summed E-state index contributed by atoms with van der Waals surface area (Å²) in [6.45, 7) is 3.26. The maximum Gasteiger partial charge on any atom is 0.254 e. The lowest BCUT2D eigenvalue weighted by molar-refractivity contribution is -0.125. The van der Waals surface area contributed by atoms with Crippen molar-refractivity contribution >= 4 is 52.6 Å². The number of benzene rings is 2. The molecular weight excluding hydrogens is 446 g/mol. The molecule has 2 aromatic carbocycles. The molecular formula is C24H23B3ClN3O3. The molecule has 3 aliphatic heterocycles. The van der Waals surface area contributed by atoms with Crippen LogP contribution in [0.5, 0.6) is 5.75 Å². The van der Waals surface area contributed by atoms with E-state index >= 15 is 0 Å². The van der Waals surface area contributed by atoms with Gasteiger partial charge in [-0.1, -0.05) is 16.8 Å². The molecule has 0 aromatic heterocycles. The second kappa shape index (κ2) is 8.38. The molecule has 1 saturated heterocycles. The summed E-state index contributed by atoms with van der Waals surface area (Å²) in [5.41, 5.74) is 2.45. The van der Waals surface area contributed by atoms with Gasteiger partial charge in [-0.25, -0.2) is 0 Å². The number of ether oxygens (including phenoxy) is 1. The average Bonchev–Trinajstić information content (AvgIpc) is 3.20. The number of rotatable bonds is 5. The third-order valence-electron chi connectivity index (χ3n) is 7.16. The Balaban J connectivity index is 1.23. The van der Waals surface area contributed by atoms with Crippen molar-refractivity contribution in [1.82, 2.24) is 9.80 Å². The van der Waals surface area contributed by atoms with E-state index in [2.05, 4.69) is 4.90 Å². The van der Waals surface area contributed by atoms with E-state index in [9.17, 15) is 9.59 Å². The highest BCUT2D eigenvalue weighted by atomic mass is 35.5. The van der Waals surface area contributed by atoms with E-state index in [0.29, 0.717) is 49.8 Å². The SMILES string of the molecule is [B]C([B])([B])N1C(=O)C2(CCN(CCOc3ccc4c(c3)CN(C)C4=O)CC2)c2cc(Cl)ccc21. The minimum atomic E-state index is -1.79. The van der Waals surface area contributed by atoms with Crippen LogP contribution in [0.15, 0.2) is 36.4 Å². The van der Waals surface area contributed by atoms with Gasteiger partial charge in [-0.3, -0.25) is 14.5 Å². The van der Waals surface area contributed by atoms with Gasteiger partial charge in [0.1, 0.15) is 12.4 Å². The van der Waals surface area contributed by atoms with Crippen molar-refractivity contribution in [2.75, 3.05) is 38.2 Å². The first kappa shape index (κ1) is 23.4. The number of hydrogen-bond donors (Lipinski definition) is 0. The van der Waals surface area contributed by atoms with Crippen LogP contribution < -0.4 is 9.64 Å². The molecule has 34 heavy (non-hydrogen) atoms. The van der Waals surface area contributed by atoms with Gasteiger partial charge in [0.15, 0.2) is 0 Å². The number of fused-ring (bicyclic) bond motifs is 3. The molecule has 0 N–H and O–H groups in total. The lowest BCUT2D eigenvalue weighted by Gasteiger charge is -2.40. The summed E-state index contributed by atoms with van der Waals surface area (Å²) in [6.07, 6.45) is 1.22. The molecule has 6 radical (unpaired) electrons. The fourth-order valence-electron chi connectivity index (χ4n) is 5.38. The van der Waals surface area contributed by atoms with Crippen molar-refractivity contribution in [3.63, 3.8) is 0 Å². The number of hydrogen-bond acceptors (Lipinski definition) is 4. The number of likely N-dealkylation sites (tertiary alicyclic amines) is 1. The Hall–Kier alpha value is -2.38. The van der Waals surface area contributed by atoms with Crippen LogP contribution in [0.4, 0.5) is 5.69 Å². The molecule has 0 aliphatic carbocycles. The highest BCUT2D eigenvalue weighted by Gasteiger charge is 2.53. The zero-order valence-electron chi connectivity index (χ0n) is 19.1. The number of piperidine rings is 1. The Bertz CT molecular complexity index is 1160. The summed E-state index contributed by atoms with van der Waals surface area (Å²) in [7, 11) is 19.6. The van der Waals surface area contributed by atoms with Gasteiger partial charge in [-0.15, -0.1) is 0 Å². The van der Waals surface area contributed by atoms with Crippen LogP contribution in [-0.2, 0) is 16.8 Å². The number of amides is 2. The first-order valence-corrected chi connectivity index (χ1v) is 11.7. The van der Waals surface area contributed by atoms with Crippen molar-refractivity contribution in [3.8, 4) is 5.75 Å². The van der Waals surface area contributed by atoms with Crippen LogP contribution in [0.1, 0.15) is 34.3 Å². The third kappa shape index (κ3) is 3.83. The average molecular weight is 469 g/mol. The van der Waals surface area contributed by atoms with Crippen molar-refractivity contribution in [1.29, 1.82) is 0 Å². The van der Waals surface area contributed by atoms with Gasteiger partial charge in [0.25, 0.3) is 5.91 Å². The fourth-order valence-corrected chi connectivity index (χ4v) is 5.55. The van der Waals surface area contributed by atoms with E-state index < -0.39 is 10.7 Å². The van der Waals surface area contributed by atoms with Crippen molar-refractivity contribution in [2.45, 2.75) is 30.0 Å². The van der Waals surface area contributed by atoms with Crippen molar-refractivity contribution < 1.29 is 14.3 Å². The molecule has 2 aromatic rings. The monoisotopic (exact) mass is 469 g/mol. The molecule has 1 spiro atoms. The van der Waals surface area contributed by atoms with Crippen LogP contribution in [0.25, 0.3) is 0 Å². The highest BCUT2D eigenvalue weighted by Crippen LogP contribution is 2.50. The molecule has 6 nitrogen and oxygen atoms in total. The largest absolute Gasteiger partial charge is 0.492 e. The standard InChI is InChI=1S/C24H23B3ClN3O3/c1-29-14-15-12-17(3-4-18(15)21(29)32)34-11-10-30-8-6-23(7-9-30)19-13-16(28)2-5-20(19)31(22(23)33)24(25,26)27/h2-5,12-13H,6-11,14H2,1H3. The van der Waals surface area contributed by atoms with Gasteiger partial charge in [0.2, 0.25) is 5.91 Å². The molecule has 5 rings (SSSR count). The fraction of sp³-hybridized carbons (Fsp3) is 0.417. The second-order valence-corrected chi connectivity index (χ2v) is 9.88. The van der Waals surface area contributed by atoms with Crippen molar-refractivity contribution in [2.24, 2.45) is 0 Å². The summed E-state index contributed by atoms with van der Waals surface area (Å²) < 4.78 is 5.96. The molecule has 0 saturated carbocycles. The van der Waals surface area contributed by atoms with Gasteiger partial charge in [0, 0.05) is 36.4 Å². The van der Waals surface area contributed by atoms with Crippen molar-refractivity contribution in [3.05, 3.63) is 58.1 Å². The lowest BCUT2D eigenvalue weighted by atomic mass is 9.48. The Kier molecular flexibility index (Phi) is 5.76. The second-order valence-electron chi connectivity index (χ2n) is 9.44. The highest BCUT2D eigenvalue weighted by molar-refractivity contribution is 6.62. The summed E-state index contributed by atoms with van der Waals surface area (Å²) in [4.78, 5) is 30.8. The summed E-state index contributed by atoms with van der Waals surface area (Å²) >= 11 is 6.27. The Morgan fingerprint density at radius 2 is 1.82 bits per heavy atom. The van der Waals surface area contributed by atoms with E-state index in [0.717, 1.165) is 29.0 Å².